The number of aryl methyl sites for hydroxylation is 1. The molecule has 0 radical (unpaired) electrons. The second kappa shape index (κ2) is 7.28. The number of ether oxygens (including phenoxy) is 1. The molecule has 6 nitrogen and oxygen atoms in total. The van der Waals surface area contributed by atoms with Crippen LogP contribution in [0.25, 0.3) is 10.2 Å². The standard InChI is InChI=1S/C20H16N2O4S/c23-18(11-5-10-17-21-15-8-3-4-9-16(15)27-17)26-12-22-19(24)13-6-1-2-7-14(13)20(22)25/h1-4,6-9H,5,10-12H2. The molecule has 0 saturated heterocycles. The van der Waals surface area contributed by atoms with Crippen LogP contribution in [0, 0.1) is 0 Å². The molecule has 1 aromatic heterocycles. The van der Waals surface area contributed by atoms with Gasteiger partial charge in [-0.05, 0) is 37.1 Å². The number of carbonyl (C=O) groups excluding carboxylic acids is 3. The fourth-order valence-electron chi connectivity index (χ4n) is 2.98. The van der Waals surface area contributed by atoms with Crippen molar-refractivity contribution in [3.05, 3.63) is 64.7 Å². The van der Waals surface area contributed by atoms with E-state index in [1.54, 1.807) is 35.6 Å². The summed E-state index contributed by atoms with van der Waals surface area (Å²) in [6.07, 6.45) is 1.49. The van der Waals surface area contributed by atoms with E-state index in [1.165, 1.54) is 0 Å². The first-order chi connectivity index (χ1) is 13.1. The number of benzene rings is 2. The van der Waals surface area contributed by atoms with Gasteiger partial charge in [0, 0.05) is 6.42 Å². The second-order valence-electron chi connectivity index (χ2n) is 6.16. The van der Waals surface area contributed by atoms with E-state index in [0.717, 1.165) is 20.1 Å². The van der Waals surface area contributed by atoms with Crippen molar-refractivity contribution >= 4 is 39.3 Å². The van der Waals surface area contributed by atoms with Crippen LogP contribution >= 0.6 is 11.3 Å². The summed E-state index contributed by atoms with van der Waals surface area (Å²) in [5.41, 5.74) is 1.65. The van der Waals surface area contributed by atoms with Gasteiger partial charge >= 0.3 is 5.97 Å². The molecule has 0 bridgehead atoms. The SMILES string of the molecule is O=C(CCCc1nc2ccccc2s1)OCN1C(=O)c2ccccc2C1=O. The predicted molar refractivity (Wildman–Crippen MR) is 100 cm³/mol. The van der Waals surface area contributed by atoms with Crippen LogP contribution in [0.1, 0.15) is 38.6 Å². The molecule has 0 fully saturated rings. The molecule has 2 heterocycles. The van der Waals surface area contributed by atoms with Crippen LogP contribution in [0.5, 0.6) is 0 Å². The molecule has 3 aromatic rings. The molecule has 0 aliphatic carbocycles. The third kappa shape index (κ3) is 3.46. The summed E-state index contributed by atoms with van der Waals surface area (Å²) >= 11 is 1.62. The molecule has 1 aliphatic rings. The molecule has 4 rings (SSSR count). The maximum Gasteiger partial charge on any atom is 0.307 e. The molecule has 2 amide bonds. The molecule has 1 aliphatic heterocycles. The quantitative estimate of drug-likeness (QED) is 0.484. The number of carbonyl (C=O) groups is 3. The second-order valence-corrected chi connectivity index (χ2v) is 7.27. The van der Waals surface area contributed by atoms with Crippen molar-refractivity contribution < 1.29 is 19.1 Å². The van der Waals surface area contributed by atoms with Gasteiger partial charge in [0.15, 0.2) is 6.73 Å². The highest BCUT2D eigenvalue weighted by Gasteiger charge is 2.35. The number of imide groups is 1. The number of hydrogen-bond donors (Lipinski definition) is 0. The number of nitrogens with zero attached hydrogens (tertiary/aromatic N) is 2. The number of para-hydroxylation sites is 1. The highest BCUT2D eigenvalue weighted by molar-refractivity contribution is 7.18. The van der Waals surface area contributed by atoms with Gasteiger partial charge in [-0.2, -0.15) is 0 Å². The molecular weight excluding hydrogens is 364 g/mol. The van der Waals surface area contributed by atoms with E-state index in [2.05, 4.69) is 4.98 Å². The molecular formula is C20H16N2O4S. The summed E-state index contributed by atoms with van der Waals surface area (Å²) in [5.74, 6) is -1.30. The number of thiazole rings is 1. The number of rotatable bonds is 6. The zero-order chi connectivity index (χ0) is 18.8. The fraction of sp³-hybridized carbons (Fsp3) is 0.200. The summed E-state index contributed by atoms with van der Waals surface area (Å²) in [7, 11) is 0. The van der Waals surface area contributed by atoms with Crippen molar-refractivity contribution in [2.24, 2.45) is 0 Å². The van der Waals surface area contributed by atoms with Gasteiger partial charge in [0.05, 0.1) is 26.4 Å². The summed E-state index contributed by atoms with van der Waals surface area (Å²) in [4.78, 5) is 41.9. The van der Waals surface area contributed by atoms with Gasteiger partial charge in [-0.15, -0.1) is 11.3 Å². The topological polar surface area (TPSA) is 76.6 Å². The van der Waals surface area contributed by atoms with E-state index in [0.29, 0.717) is 24.0 Å². The Labute approximate surface area is 159 Å². The van der Waals surface area contributed by atoms with Crippen LogP contribution < -0.4 is 0 Å². The average Bonchev–Trinajstić information content (AvgIpc) is 3.20. The van der Waals surface area contributed by atoms with Gasteiger partial charge in [0.2, 0.25) is 0 Å². The lowest BCUT2D eigenvalue weighted by molar-refractivity contribution is -0.146. The molecule has 0 atom stereocenters. The maximum absolute atomic E-state index is 12.2. The first-order valence-corrected chi connectivity index (χ1v) is 9.40. The fourth-order valence-corrected chi connectivity index (χ4v) is 3.99. The Morgan fingerprint density at radius 1 is 1.00 bits per heavy atom. The zero-order valence-corrected chi connectivity index (χ0v) is 15.2. The predicted octanol–water partition coefficient (Wildman–Crippen LogP) is 3.42. The van der Waals surface area contributed by atoms with Crippen molar-refractivity contribution in [1.29, 1.82) is 0 Å². The molecule has 7 heteroatoms. The van der Waals surface area contributed by atoms with Crippen LogP contribution in [0.4, 0.5) is 0 Å². The minimum atomic E-state index is -0.437. The van der Waals surface area contributed by atoms with Crippen molar-refractivity contribution in [3.8, 4) is 0 Å². The molecule has 0 unspecified atom stereocenters. The Balaban J connectivity index is 1.27. The van der Waals surface area contributed by atoms with Crippen molar-refractivity contribution in [3.63, 3.8) is 0 Å². The van der Waals surface area contributed by atoms with E-state index < -0.39 is 17.8 Å². The Hall–Kier alpha value is -3.06. The highest BCUT2D eigenvalue weighted by atomic mass is 32.1. The van der Waals surface area contributed by atoms with Crippen LogP contribution in [0.3, 0.4) is 0 Å². The third-order valence-electron chi connectivity index (χ3n) is 4.34. The lowest BCUT2D eigenvalue weighted by atomic mass is 10.1. The van der Waals surface area contributed by atoms with E-state index in [4.69, 9.17) is 4.74 Å². The summed E-state index contributed by atoms with van der Waals surface area (Å²) in [6, 6.07) is 14.5. The summed E-state index contributed by atoms with van der Waals surface area (Å²) in [6.45, 7) is -0.355. The van der Waals surface area contributed by atoms with Gasteiger partial charge in [-0.3, -0.25) is 14.4 Å². The molecule has 2 aromatic carbocycles. The van der Waals surface area contributed by atoms with Crippen LogP contribution in [0.2, 0.25) is 0 Å². The normalized spacial score (nSPS) is 13.3. The Morgan fingerprint density at radius 3 is 2.37 bits per heavy atom. The number of aromatic nitrogens is 1. The van der Waals surface area contributed by atoms with Crippen molar-refractivity contribution in [2.75, 3.05) is 6.73 Å². The number of amides is 2. The van der Waals surface area contributed by atoms with E-state index in [9.17, 15) is 14.4 Å². The minimum Gasteiger partial charge on any atom is -0.444 e. The lowest BCUT2D eigenvalue weighted by Crippen LogP contribution is -2.33. The van der Waals surface area contributed by atoms with Crippen molar-refractivity contribution in [1.82, 2.24) is 9.88 Å². The monoisotopic (exact) mass is 380 g/mol. The Bertz CT molecular complexity index is 975. The van der Waals surface area contributed by atoms with Gasteiger partial charge in [-0.25, -0.2) is 9.88 Å². The first-order valence-electron chi connectivity index (χ1n) is 8.59. The maximum atomic E-state index is 12.2. The third-order valence-corrected chi connectivity index (χ3v) is 5.44. The minimum absolute atomic E-state index is 0.207. The molecule has 27 heavy (non-hydrogen) atoms. The first kappa shape index (κ1) is 17.4. The smallest absolute Gasteiger partial charge is 0.307 e. The van der Waals surface area contributed by atoms with Crippen molar-refractivity contribution in [2.45, 2.75) is 19.3 Å². The van der Waals surface area contributed by atoms with Crippen LogP contribution in [0.15, 0.2) is 48.5 Å². The molecule has 0 saturated carbocycles. The van der Waals surface area contributed by atoms with Gasteiger partial charge in [0.25, 0.3) is 11.8 Å². The summed E-state index contributed by atoms with van der Waals surface area (Å²) in [5, 5.41) is 0.976. The molecule has 0 spiro atoms. The van der Waals surface area contributed by atoms with Crippen LogP contribution in [-0.4, -0.2) is 34.4 Å². The zero-order valence-electron chi connectivity index (χ0n) is 14.4. The van der Waals surface area contributed by atoms with Gasteiger partial charge in [0.1, 0.15) is 0 Å². The number of esters is 1. The Morgan fingerprint density at radius 2 is 1.67 bits per heavy atom. The summed E-state index contributed by atoms with van der Waals surface area (Å²) < 4.78 is 6.25. The van der Waals surface area contributed by atoms with Crippen LogP contribution in [-0.2, 0) is 16.0 Å². The molecule has 0 N–H and O–H groups in total. The van der Waals surface area contributed by atoms with E-state index in [-0.39, 0.29) is 13.2 Å². The Kier molecular flexibility index (Phi) is 4.68. The van der Waals surface area contributed by atoms with Gasteiger partial charge < -0.3 is 4.74 Å². The lowest BCUT2D eigenvalue weighted by Gasteiger charge is -2.13. The number of fused-ring (bicyclic) bond motifs is 2. The number of hydrogen-bond acceptors (Lipinski definition) is 6. The molecule has 136 valence electrons. The largest absolute Gasteiger partial charge is 0.444 e. The highest BCUT2D eigenvalue weighted by Crippen LogP contribution is 2.23. The van der Waals surface area contributed by atoms with E-state index >= 15 is 0 Å². The van der Waals surface area contributed by atoms with E-state index in [1.807, 2.05) is 24.3 Å². The average molecular weight is 380 g/mol. The van der Waals surface area contributed by atoms with Gasteiger partial charge in [-0.1, -0.05) is 24.3 Å².